The highest BCUT2D eigenvalue weighted by molar-refractivity contribution is 5.98. The van der Waals surface area contributed by atoms with Crippen LogP contribution in [-0.4, -0.2) is 104 Å². The summed E-state index contributed by atoms with van der Waals surface area (Å²) >= 11 is 0. The van der Waals surface area contributed by atoms with E-state index in [0.717, 1.165) is 23.7 Å². The largest absolute Gasteiger partial charge is 0.490 e. The molecule has 2 amide bonds. The number of carboxylic acid groups (broad SMARTS) is 2. The van der Waals surface area contributed by atoms with E-state index in [0.29, 0.717) is 25.2 Å². The zero-order valence-electron chi connectivity index (χ0n) is 19.9. The molecule has 12 nitrogen and oxygen atoms in total. The lowest BCUT2D eigenvalue weighted by molar-refractivity contribution is -0.193. The number of amides is 2. The minimum absolute atomic E-state index is 0.00963. The van der Waals surface area contributed by atoms with E-state index < -0.39 is 30.3 Å². The zero-order chi connectivity index (χ0) is 29.8. The van der Waals surface area contributed by atoms with Crippen LogP contribution in [0.5, 0.6) is 0 Å². The van der Waals surface area contributed by atoms with Crippen molar-refractivity contribution >= 4 is 34.7 Å². The van der Waals surface area contributed by atoms with Gasteiger partial charge in [-0.3, -0.25) is 14.7 Å². The van der Waals surface area contributed by atoms with E-state index in [9.17, 15) is 35.9 Å². The molecule has 1 aliphatic carbocycles. The molecule has 1 aromatic carbocycles. The van der Waals surface area contributed by atoms with Crippen LogP contribution in [0.1, 0.15) is 23.2 Å². The molecule has 1 spiro atoms. The number of aromatic nitrogens is 2. The lowest BCUT2D eigenvalue weighted by Gasteiger charge is -2.43. The molecular weight excluding hydrogens is 546 g/mol. The molecule has 1 unspecified atom stereocenters. The lowest BCUT2D eigenvalue weighted by atomic mass is 10.1. The normalized spacial score (nSPS) is 16.9. The fourth-order valence-corrected chi connectivity index (χ4v) is 3.63. The molecule has 4 rings (SSSR count). The maximum Gasteiger partial charge on any atom is 0.490 e. The van der Waals surface area contributed by atoms with Gasteiger partial charge in [0.25, 0.3) is 5.91 Å². The molecule has 18 heteroatoms. The van der Waals surface area contributed by atoms with Crippen LogP contribution in [0.2, 0.25) is 0 Å². The van der Waals surface area contributed by atoms with Crippen LogP contribution >= 0.6 is 0 Å². The molecule has 1 saturated heterocycles. The number of halogens is 6. The quantitative estimate of drug-likeness (QED) is 0.334. The summed E-state index contributed by atoms with van der Waals surface area (Å²) < 4.78 is 63.5. The number of carbonyl (C=O) groups excluding carboxylic acids is 2. The number of hydrogen-bond donors (Lipinski definition) is 5. The molecule has 0 radical (unpaired) electrons. The van der Waals surface area contributed by atoms with Crippen molar-refractivity contribution in [1.82, 2.24) is 20.0 Å². The number of nitrogens with two attached hydrogens (primary N) is 2. The molecule has 2 aliphatic rings. The summed E-state index contributed by atoms with van der Waals surface area (Å²) in [7, 11) is 0. The third kappa shape index (κ3) is 8.03. The van der Waals surface area contributed by atoms with Gasteiger partial charge < -0.3 is 31.5 Å². The number of hydrogen-bond acceptors (Lipinski definition) is 7. The molecule has 2 aromatic rings. The van der Waals surface area contributed by atoms with Crippen molar-refractivity contribution in [2.75, 3.05) is 26.2 Å². The second kappa shape index (κ2) is 11.9. The number of rotatable bonds is 3. The molecule has 216 valence electrons. The van der Waals surface area contributed by atoms with Gasteiger partial charge >= 0.3 is 24.3 Å². The van der Waals surface area contributed by atoms with E-state index >= 15 is 0 Å². The topological polar surface area (TPSA) is 196 Å². The molecule has 7 N–H and O–H groups in total. The highest BCUT2D eigenvalue weighted by Gasteiger charge is 2.54. The van der Waals surface area contributed by atoms with Gasteiger partial charge in [0, 0.05) is 37.1 Å². The standard InChI is InChI=1S/C17H22N6O2.2C2HF3O2/c18-8-13(19)16(25)23-6-5-22(10-17(23)3-4-17)15(24)11-1-2-14-12(7-11)9-20-21-14;2*3-2(4,5)1(6)7/h1-2,7,9,13H,3-6,8,10,18-19H2,(H,20,21);2*(H,6,7). The average Bonchev–Trinajstić information content (AvgIpc) is 3.44. The Morgan fingerprint density at radius 3 is 2.03 bits per heavy atom. The summed E-state index contributed by atoms with van der Waals surface area (Å²) in [6.07, 6.45) is -6.65. The maximum absolute atomic E-state index is 12.9. The third-order valence-corrected chi connectivity index (χ3v) is 5.77. The minimum Gasteiger partial charge on any atom is -0.475 e. The van der Waals surface area contributed by atoms with Gasteiger partial charge in [0.1, 0.15) is 0 Å². The second-order valence-electron chi connectivity index (χ2n) is 8.56. The fraction of sp³-hybridized carbons (Fsp3) is 0.476. The fourth-order valence-electron chi connectivity index (χ4n) is 3.63. The number of aromatic amines is 1. The summed E-state index contributed by atoms with van der Waals surface area (Å²) in [6, 6.07) is 4.86. The van der Waals surface area contributed by atoms with Gasteiger partial charge in [-0.05, 0) is 31.0 Å². The molecule has 1 aliphatic heterocycles. The van der Waals surface area contributed by atoms with Gasteiger partial charge in [0.2, 0.25) is 5.91 Å². The van der Waals surface area contributed by atoms with Gasteiger partial charge in [0.15, 0.2) is 0 Å². The molecule has 1 aromatic heterocycles. The lowest BCUT2D eigenvalue weighted by Crippen LogP contribution is -2.61. The number of piperazine rings is 1. The van der Waals surface area contributed by atoms with Crippen molar-refractivity contribution < 1.29 is 55.7 Å². The number of carboxylic acids is 2. The van der Waals surface area contributed by atoms with Gasteiger partial charge in [-0.2, -0.15) is 31.4 Å². The van der Waals surface area contributed by atoms with Crippen LogP contribution < -0.4 is 11.5 Å². The van der Waals surface area contributed by atoms with Crippen LogP contribution in [0.25, 0.3) is 10.9 Å². The van der Waals surface area contributed by atoms with Crippen molar-refractivity contribution in [2.45, 2.75) is 36.8 Å². The molecule has 1 atom stereocenters. The zero-order valence-corrected chi connectivity index (χ0v) is 19.9. The van der Waals surface area contributed by atoms with Crippen LogP contribution in [0, 0.1) is 0 Å². The van der Waals surface area contributed by atoms with E-state index in [4.69, 9.17) is 31.3 Å². The molecule has 2 heterocycles. The number of nitrogens with zero attached hydrogens (tertiary/aromatic N) is 3. The number of fused-ring (bicyclic) bond motifs is 1. The number of aliphatic carboxylic acids is 2. The number of nitrogens with one attached hydrogen (secondary N) is 1. The van der Waals surface area contributed by atoms with Crippen molar-refractivity contribution in [3.8, 4) is 0 Å². The van der Waals surface area contributed by atoms with Crippen LogP contribution in [-0.2, 0) is 14.4 Å². The smallest absolute Gasteiger partial charge is 0.475 e. The summed E-state index contributed by atoms with van der Waals surface area (Å²) in [5.41, 5.74) is 12.6. The predicted octanol–water partition coefficient (Wildman–Crippen LogP) is 0.933. The van der Waals surface area contributed by atoms with E-state index in [-0.39, 0.29) is 23.9 Å². The number of alkyl halides is 6. The first kappa shape index (κ1) is 31.3. The Bertz CT molecular complexity index is 1190. The van der Waals surface area contributed by atoms with E-state index in [2.05, 4.69) is 10.2 Å². The first-order valence-electron chi connectivity index (χ1n) is 11.0. The van der Waals surface area contributed by atoms with E-state index in [1.54, 1.807) is 6.20 Å². The Morgan fingerprint density at radius 2 is 1.56 bits per heavy atom. The molecule has 2 fully saturated rings. The summed E-state index contributed by atoms with van der Waals surface area (Å²) in [4.78, 5) is 46.8. The minimum atomic E-state index is -5.08. The molecule has 1 saturated carbocycles. The van der Waals surface area contributed by atoms with Gasteiger partial charge in [-0.25, -0.2) is 9.59 Å². The first-order chi connectivity index (χ1) is 17.9. The van der Waals surface area contributed by atoms with E-state index in [1.807, 2.05) is 28.0 Å². The Hall–Kier alpha value is -3.93. The van der Waals surface area contributed by atoms with Gasteiger partial charge in [0.05, 0.1) is 23.3 Å². The Balaban J connectivity index is 0.000000317. The predicted molar refractivity (Wildman–Crippen MR) is 120 cm³/mol. The monoisotopic (exact) mass is 570 g/mol. The number of H-pyrrole nitrogens is 1. The molecule has 0 bridgehead atoms. The van der Waals surface area contributed by atoms with Gasteiger partial charge in [-0.15, -0.1) is 0 Å². The SMILES string of the molecule is NCC(N)C(=O)N1CCN(C(=O)c2ccc3[nH]ncc3c2)CC12CC2.O=C(O)C(F)(F)F.O=C(O)C(F)(F)F. The van der Waals surface area contributed by atoms with Gasteiger partial charge in [-0.1, -0.05) is 0 Å². The highest BCUT2D eigenvalue weighted by atomic mass is 19.4. The summed E-state index contributed by atoms with van der Waals surface area (Å²) in [5, 5.41) is 22.0. The van der Waals surface area contributed by atoms with Crippen molar-refractivity contribution in [2.24, 2.45) is 11.5 Å². The Labute approximate surface area is 215 Å². The Morgan fingerprint density at radius 1 is 1.03 bits per heavy atom. The van der Waals surface area contributed by atoms with E-state index in [1.165, 1.54) is 0 Å². The summed E-state index contributed by atoms with van der Waals surface area (Å²) in [6.45, 7) is 1.70. The average molecular weight is 570 g/mol. The van der Waals surface area contributed by atoms with Crippen LogP contribution in [0.4, 0.5) is 26.3 Å². The highest BCUT2D eigenvalue weighted by Crippen LogP contribution is 2.44. The molecule has 39 heavy (non-hydrogen) atoms. The van der Waals surface area contributed by atoms with Crippen molar-refractivity contribution in [3.05, 3.63) is 30.0 Å². The van der Waals surface area contributed by atoms with Crippen LogP contribution in [0.15, 0.2) is 24.4 Å². The molecular formula is C21H24F6N6O6. The summed E-state index contributed by atoms with van der Waals surface area (Å²) in [5.74, 6) is -5.63. The second-order valence-corrected chi connectivity index (χ2v) is 8.56. The number of benzene rings is 1. The first-order valence-corrected chi connectivity index (χ1v) is 11.0. The van der Waals surface area contributed by atoms with Crippen LogP contribution in [0.3, 0.4) is 0 Å². The third-order valence-electron chi connectivity index (χ3n) is 5.77. The maximum atomic E-state index is 12.9. The number of carbonyl (C=O) groups is 4. The van der Waals surface area contributed by atoms with Crippen molar-refractivity contribution in [1.29, 1.82) is 0 Å². The van der Waals surface area contributed by atoms with Crippen molar-refractivity contribution in [3.63, 3.8) is 0 Å². The Kier molecular flexibility index (Phi) is 9.51.